The Bertz CT molecular complexity index is 509. The summed E-state index contributed by atoms with van der Waals surface area (Å²) in [7, 11) is 1.51. The summed E-state index contributed by atoms with van der Waals surface area (Å²) in [4.78, 5) is 0. The van der Waals surface area contributed by atoms with Crippen LogP contribution in [-0.2, 0) is 0 Å². The molecule has 0 heterocycles. The molecular weight excluding hydrogens is 238 g/mol. The molecule has 17 heavy (non-hydrogen) atoms. The van der Waals surface area contributed by atoms with Crippen LogP contribution in [0.15, 0.2) is 18.2 Å². The Morgan fingerprint density at radius 3 is 2.88 bits per heavy atom. The van der Waals surface area contributed by atoms with E-state index < -0.39 is 0 Å². The van der Waals surface area contributed by atoms with E-state index in [1.54, 1.807) is 18.2 Å². The van der Waals surface area contributed by atoms with Gasteiger partial charge in [-0.15, -0.1) is 6.42 Å². The molecule has 0 saturated carbocycles. The Labute approximate surface area is 105 Å². The summed E-state index contributed by atoms with van der Waals surface area (Å²) in [6.45, 7) is 0.115. The molecule has 0 saturated heterocycles. The Hall–Kier alpha value is -2.10. The maximum absolute atomic E-state index is 8.45. The highest BCUT2D eigenvalue weighted by atomic mass is 35.5. The number of allylic oxidation sites excluding steroid dienone is 1. The van der Waals surface area contributed by atoms with Crippen molar-refractivity contribution in [3.63, 3.8) is 0 Å². The molecule has 4 heteroatoms. The van der Waals surface area contributed by atoms with Gasteiger partial charge in [0.25, 0.3) is 0 Å². The van der Waals surface area contributed by atoms with E-state index in [9.17, 15) is 0 Å². The normalized spacial score (nSPS) is 9.65. The number of ether oxygens (including phenoxy) is 2. The van der Waals surface area contributed by atoms with Crippen molar-refractivity contribution in [2.45, 2.75) is 0 Å². The first-order valence-corrected chi connectivity index (χ1v) is 5.10. The smallest absolute Gasteiger partial charge is 0.181 e. The summed E-state index contributed by atoms with van der Waals surface area (Å²) < 4.78 is 10.4. The molecule has 0 spiro atoms. The molecule has 0 N–H and O–H groups in total. The van der Waals surface area contributed by atoms with Crippen LogP contribution in [0.3, 0.4) is 0 Å². The number of terminal acetylenes is 1. The molecule has 0 radical (unpaired) electrons. The molecule has 3 nitrogen and oxygen atoms in total. The number of benzene rings is 1. The summed E-state index contributed by atoms with van der Waals surface area (Å²) in [6, 6.07) is 5.28. The maximum atomic E-state index is 8.45. The fourth-order valence-corrected chi connectivity index (χ4v) is 1.50. The second kappa shape index (κ2) is 6.48. The molecule has 86 valence electrons. The van der Waals surface area contributed by atoms with Gasteiger partial charge >= 0.3 is 0 Å². The number of nitriles is 1. The minimum absolute atomic E-state index is 0.115. The van der Waals surface area contributed by atoms with Gasteiger partial charge in [0.05, 0.1) is 18.2 Å². The van der Waals surface area contributed by atoms with Crippen molar-refractivity contribution < 1.29 is 9.47 Å². The number of methoxy groups -OCH3 is 1. The van der Waals surface area contributed by atoms with Crippen LogP contribution in [0, 0.1) is 23.7 Å². The second-order valence-corrected chi connectivity index (χ2v) is 3.40. The minimum Gasteiger partial charge on any atom is -0.493 e. The van der Waals surface area contributed by atoms with Gasteiger partial charge in [0.1, 0.15) is 6.61 Å². The van der Waals surface area contributed by atoms with Crippen LogP contribution >= 0.6 is 11.6 Å². The fraction of sp³-hybridized carbons (Fsp3) is 0.154. The van der Waals surface area contributed by atoms with Crippen molar-refractivity contribution in [1.29, 1.82) is 5.26 Å². The summed E-state index contributed by atoms with van der Waals surface area (Å²) in [5.41, 5.74) is 0.751. The van der Waals surface area contributed by atoms with Gasteiger partial charge in [-0.05, 0) is 23.8 Å². The van der Waals surface area contributed by atoms with Crippen molar-refractivity contribution in [2.24, 2.45) is 0 Å². The topological polar surface area (TPSA) is 42.2 Å². The van der Waals surface area contributed by atoms with E-state index in [2.05, 4.69) is 5.92 Å². The molecule has 0 aromatic heterocycles. The molecule has 0 aliphatic heterocycles. The summed E-state index contributed by atoms with van der Waals surface area (Å²) in [5, 5.41) is 8.83. The summed E-state index contributed by atoms with van der Waals surface area (Å²) in [6.07, 6.45) is 8.09. The van der Waals surface area contributed by atoms with Crippen molar-refractivity contribution >= 4 is 17.7 Å². The van der Waals surface area contributed by atoms with Crippen LogP contribution in [-0.4, -0.2) is 13.7 Å². The molecule has 1 rings (SSSR count). The van der Waals surface area contributed by atoms with E-state index in [-0.39, 0.29) is 6.61 Å². The van der Waals surface area contributed by atoms with Gasteiger partial charge in [-0.25, -0.2) is 0 Å². The first-order chi connectivity index (χ1) is 8.22. The first kappa shape index (κ1) is 13.0. The number of hydrogen-bond acceptors (Lipinski definition) is 3. The molecule has 0 bridgehead atoms. The Morgan fingerprint density at radius 1 is 1.53 bits per heavy atom. The third kappa shape index (κ3) is 3.45. The van der Waals surface area contributed by atoms with Crippen LogP contribution in [0.1, 0.15) is 5.56 Å². The van der Waals surface area contributed by atoms with Gasteiger partial charge in [-0.1, -0.05) is 17.5 Å². The summed E-state index contributed by atoms with van der Waals surface area (Å²) in [5.74, 6) is 3.23. The van der Waals surface area contributed by atoms with Gasteiger partial charge < -0.3 is 9.47 Å². The lowest BCUT2D eigenvalue weighted by atomic mass is 10.2. The van der Waals surface area contributed by atoms with Crippen molar-refractivity contribution in [1.82, 2.24) is 0 Å². The average molecular weight is 248 g/mol. The third-order valence-corrected chi connectivity index (χ3v) is 2.18. The lowest BCUT2D eigenvalue weighted by Crippen LogP contribution is -1.98. The van der Waals surface area contributed by atoms with E-state index in [0.29, 0.717) is 16.5 Å². The van der Waals surface area contributed by atoms with E-state index in [0.717, 1.165) is 5.56 Å². The molecule has 1 aromatic rings. The standard InChI is InChI=1S/C13H10ClNO2/c1-3-7-17-13-11(14)8-10(5-4-6-15)9-12(13)16-2/h1,4-5,8-9H,7H2,2H3. The van der Waals surface area contributed by atoms with Gasteiger partial charge in [0.2, 0.25) is 0 Å². The third-order valence-electron chi connectivity index (χ3n) is 1.90. The van der Waals surface area contributed by atoms with Crippen LogP contribution in [0.2, 0.25) is 5.02 Å². The highest BCUT2D eigenvalue weighted by molar-refractivity contribution is 6.32. The highest BCUT2D eigenvalue weighted by Gasteiger charge is 2.10. The van der Waals surface area contributed by atoms with E-state index >= 15 is 0 Å². The van der Waals surface area contributed by atoms with E-state index in [1.165, 1.54) is 13.2 Å². The van der Waals surface area contributed by atoms with Crippen LogP contribution in [0.5, 0.6) is 11.5 Å². The fourth-order valence-electron chi connectivity index (χ4n) is 1.22. The largest absolute Gasteiger partial charge is 0.493 e. The van der Waals surface area contributed by atoms with Crippen LogP contribution in [0.25, 0.3) is 6.08 Å². The molecule has 0 fully saturated rings. The molecule has 1 aromatic carbocycles. The second-order valence-electron chi connectivity index (χ2n) is 2.99. The van der Waals surface area contributed by atoms with Gasteiger partial charge in [-0.2, -0.15) is 5.26 Å². The zero-order chi connectivity index (χ0) is 12.7. The Morgan fingerprint density at radius 2 is 2.29 bits per heavy atom. The van der Waals surface area contributed by atoms with Crippen LogP contribution in [0.4, 0.5) is 0 Å². The first-order valence-electron chi connectivity index (χ1n) is 4.73. The maximum Gasteiger partial charge on any atom is 0.181 e. The SMILES string of the molecule is C#CCOc1c(Cl)cc(C=CC#N)cc1OC. The van der Waals surface area contributed by atoms with Gasteiger partial charge in [-0.3, -0.25) is 0 Å². The van der Waals surface area contributed by atoms with Gasteiger partial charge in [0.15, 0.2) is 11.5 Å². The number of nitrogens with zero attached hydrogens (tertiary/aromatic N) is 1. The zero-order valence-electron chi connectivity index (χ0n) is 9.24. The Kier molecular flexibility index (Phi) is 4.94. The Balaban J connectivity index is 3.13. The van der Waals surface area contributed by atoms with E-state index in [1.807, 2.05) is 6.07 Å². The van der Waals surface area contributed by atoms with E-state index in [4.69, 9.17) is 32.8 Å². The lowest BCUT2D eigenvalue weighted by Gasteiger charge is -2.11. The molecule has 0 aliphatic carbocycles. The lowest BCUT2D eigenvalue weighted by molar-refractivity contribution is 0.331. The van der Waals surface area contributed by atoms with Crippen molar-refractivity contribution in [2.75, 3.05) is 13.7 Å². The molecule has 0 atom stereocenters. The van der Waals surface area contributed by atoms with Crippen LogP contribution < -0.4 is 9.47 Å². The average Bonchev–Trinajstić information content (AvgIpc) is 2.34. The predicted molar refractivity (Wildman–Crippen MR) is 67.0 cm³/mol. The monoisotopic (exact) mass is 247 g/mol. The number of halogens is 1. The molecule has 0 unspecified atom stereocenters. The summed E-state index contributed by atoms with van der Waals surface area (Å²) >= 11 is 6.04. The minimum atomic E-state index is 0.115. The molecule has 0 aliphatic rings. The molecular formula is C13H10ClNO2. The number of rotatable bonds is 4. The quantitative estimate of drug-likeness (QED) is 0.607. The number of hydrogen-bond donors (Lipinski definition) is 0. The predicted octanol–water partition coefficient (Wildman–Crippen LogP) is 2.90. The van der Waals surface area contributed by atoms with Crippen molar-refractivity contribution in [3.05, 3.63) is 28.8 Å². The molecule has 0 amide bonds. The zero-order valence-corrected chi connectivity index (χ0v) is 9.99. The van der Waals surface area contributed by atoms with Gasteiger partial charge in [0, 0.05) is 6.08 Å². The highest BCUT2D eigenvalue weighted by Crippen LogP contribution is 2.36. The van der Waals surface area contributed by atoms with Crippen molar-refractivity contribution in [3.8, 4) is 29.9 Å².